The van der Waals surface area contributed by atoms with Crippen molar-refractivity contribution in [3.63, 3.8) is 0 Å². The first-order chi connectivity index (χ1) is 17.4. The van der Waals surface area contributed by atoms with Crippen molar-refractivity contribution in [1.82, 2.24) is 23.6 Å². The molecule has 0 saturated heterocycles. The second-order valence-corrected chi connectivity index (χ2v) is 8.45. The van der Waals surface area contributed by atoms with Gasteiger partial charge in [-0.25, -0.2) is 14.3 Å². The van der Waals surface area contributed by atoms with Gasteiger partial charge in [-0.2, -0.15) is 0 Å². The van der Waals surface area contributed by atoms with Crippen LogP contribution in [0.25, 0.3) is 11.2 Å². The van der Waals surface area contributed by atoms with Crippen LogP contribution in [-0.2, 0) is 35.7 Å². The zero-order valence-electron chi connectivity index (χ0n) is 20.6. The summed E-state index contributed by atoms with van der Waals surface area (Å²) in [6.45, 7) is 0.908. The standard InChI is InChI=1S/C26H29N5O5/c1-28(15-20-9-11-21(36-3)12-10-20)22(32)17-31-25(33)23-24(27-18-29(23)13-14-35-2)30(26(31)34)16-19-7-5-4-6-8-19/h4-12,18H,13-17H2,1-3H3. The van der Waals surface area contributed by atoms with Gasteiger partial charge in [0.25, 0.3) is 5.56 Å². The predicted octanol–water partition coefficient (Wildman–Crippen LogP) is 1.72. The van der Waals surface area contributed by atoms with Crippen LogP contribution in [0.15, 0.2) is 70.5 Å². The molecule has 10 nitrogen and oxygen atoms in total. The van der Waals surface area contributed by atoms with Crippen molar-refractivity contribution in [2.24, 2.45) is 0 Å². The maximum Gasteiger partial charge on any atom is 0.333 e. The SMILES string of the molecule is COCCn1cnc2c1c(=O)n(CC(=O)N(C)Cc1ccc(OC)cc1)c(=O)n2Cc1ccccc1. The average molecular weight is 492 g/mol. The molecule has 0 bridgehead atoms. The fraction of sp³-hybridized carbons (Fsp3) is 0.308. The summed E-state index contributed by atoms with van der Waals surface area (Å²) >= 11 is 0. The maximum atomic E-state index is 13.5. The first-order valence-corrected chi connectivity index (χ1v) is 11.5. The minimum absolute atomic E-state index is 0.216. The van der Waals surface area contributed by atoms with E-state index >= 15 is 0 Å². The van der Waals surface area contributed by atoms with Gasteiger partial charge in [-0.15, -0.1) is 0 Å². The Morgan fingerprint density at radius 1 is 0.972 bits per heavy atom. The van der Waals surface area contributed by atoms with Crippen LogP contribution < -0.4 is 16.0 Å². The van der Waals surface area contributed by atoms with E-state index in [1.807, 2.05) is 54.6 Å². The van der Waals surface area contributed by atoms with Gasteiger partial charge in [0.1, 0.15) is 12.3 Å². The number of hydrogen-bond acceptors (Lipinski definition) is 6. The lowest BCUT2D eigenvalue weighted by Crippen LogP contribution is -2.44. The second-order valence-electron chi connectivity index (χ2n) is 8.45. The maximum absolute atomic E-state index is 13.5. The van der Waals surface area contributed by atoms with Crippen LogP contribution in [0.5, 0.6) is 5.75 Å². The number of methoxy groups -OCH3 is 2. The second kappa shape index (κ2) is 11.0. The Labute approximate surface area is 207 Å². The molecular weight excluding hydrogens is 462 g/mol. The Hall–Kier alpha value is -4.18. The number of likely N-dealkylation sites (N-methyl/N-ethyl adjacent to an activating group) is 1. The van der Waals surface area contributed by atoms with Crippen LogP contribution in [0.4, 0.5) is 0 Å². The molecule has 0 aliphatic rings. The van der Waals surface area contributed by atoms with Crippen LogP contribution >= 0.6 is 0 Å². The number of imidazole rings is 1. The third-order valence-electron chi connectivity index (χ3n) is 6.00. The summed E-state index contributed by atoms with van der Waals surface area (Å²) in [4.78, 5) is 45.9. The molecule has 10 heteroatoms. The number of carbonyl (C=O) groups is 1. The quantitative estimate of drug-likeness (QED) is 0.335. The molecule has 0 unspecified atom stereocenters. The fourth-order valence-corrected chi connectivity index (χ4v) is 3.99. The number of hydrogen-bond donors (Lipinski definition) is 0. The summed E-state index contributed by atoms with van der Waals surface area (Å²) < 4.78 is 14.4. The Morgan fingerprint density at radius 3 is 2.36 bits per heavy atom. The summed E-state index contributed by atoms with van der Waals surface area (Å²) in [5.41, 5.74) is 1.17. The molecule has 0 atom stereocenters. The van der Waals surface area contributed by atoms with Gasteiger partial charge in [0.15, 0.2) is 11.2 Å². The summed E-state index contributed by atoms with van der Waals surface area (Å²) in [5.74, 6) is 0.357. The van der Waals surface area contributed by atoms with Crippen molar-refractivity contribution in [3.8, 4) is 5.75 Å². The Morgan fingerprint density at radius 2 is 1.69 bits per heavy atom. The first-order valence-electron chi connectivity index (χ1n) is 11.5. The van der Waals surface area contributed by atoms with Crippen molar-refractivity contribution in [2.75, 3.05) is 27.9 Å². The van der Waals surface area contributed by atoms with E-state index in [9.17, 15) is 14.4 Å². The van der Waals surface area contributed by atoms with Crippen LogP contribution in [0.1, 0.15) is 11.1 Å². The van der Waals surface area contributed by atoms with E-state index in [0.29, 0.717) is 19.7 Å². The van der Waals surface area contributed by atoms with Crippen molar-refractivity contribution < 1.29 is 14.3 Å². The molecule has 0 aliphatic carbocycles. The van der Waals surface area contributed by atoms with Gasteiger partial charge in [-0.3, -0.25) is 14.2 Å². The first kappa shape index (κ1) is 24.9. The minimum atomic E-state index is -0.584. The van der Waals surface area contributed by atoms with Gasteiger partial charge < -0.3 is 18.9 Å². The molecule has 0 spiro atoms. The highest BCUT2D eigenvalue weighted by molar-refractivity contribution is 5.76. The smallest absolute Gasteiger partial charge is 0.333 e. The van der Waals surface area contributed by atoms with Crippen LogP contribution in [-0.4, -0.2) is 57.4 Å². The molecular formula is C26H29N5O5. The molecule has 4 rings (SSSR count). The van der Waals surface area contributed by atoms with Crippen LogP contribution in [0.3, 0.4) is 0 Å². The topological polar surface area (TPSA) is 101 Å². The molecule has 2 aromatic heterocycles. The molecule has 188 valence electrons. The molecule has 0 radical (unpaired) electrons. The fourth-order valence-electron chi connectivity index (χ4n) is 3.99. The van der Waals surface area contributed by atoms with Gasteiger partial charge in [0, 0.05) is 27.2 Å². The number of aromatic nitrogens is 4. The van der Waals surface area contributed by atoms with E-state index in [1.54, 1.807) is 25.8 Å². The summed E-state index contributed by atoms with van der Waals surface area (Å²) in [6, 6.07) is 16.8. The van der Waals surface area contributed by atoms with E-state index in [2.05, 4.69) is 4.98 Å². The van der Waals surface area contributed by atoms with Crippen LogP contribution in [0, 0.1) is 0 Å². The van der Waals surface area contributed by atoms with Gasteiger partial charge in [0.2, 0.25) is 5.91 Å². The van der Waals surface area contributed by atoms with Gasteiger partial charge >= 0.3 is 5.69 Å². The molecule has 36 heavy (non-hydrogen) atoms. The van der Waals surface area contributed by atoms with E-state index in [0.717, 1.165) is 21.4 Å². The van der Waals surface area contributed by atoms with Crippen molar-refractivity contribution >= 4 is 17.1 Å². The van der Waals surface area contributed by atoms with E-state index in [-0.39, 0.29) is 30.2 Å². The summed E-state index contributed by atoms with van der Waals surface area (Å²) in [5, 5.41) is 0. The third-order valence-corrected chi connectivity index (χ3v) is 6.00. The van der Waals surface area contributed by atoms with Crippen molar-refractivity contribution in [2.45, 2.75) is 26.2 Å². The number of ether oxygens (including phenoxy) is 2. The lowest BCUT2D eigenvalue weighted by molar-refractivity contribution is -0.131. The summed E-state index contributed by atoms with van der Waals surface area (Å²) in [7, 11) is 4.80. The van der Waals surface area contributed by atoms with E-state index in [4.69, 9.17) is 9.47 Å². The highest BCUT2D eigenvalue weighted by Crippen LogP contribution is 2.13. The lowest BCUT2D eigenvalue weighted by Gasteiger charge is -2.19. The highest BCUT2D eigenvalue weighted by Gasteiger charge is 2.21. The number of nitrogens with zero attached hydrogens (tertiary/aromatic N) is 5. The molecule has 0 fully saturated rings. The average Bonchev–Trinajstić information content (AvgIpc) is 3.32. The number of rotatable bonds is 10. The largest absolute Gasteiger partial charge is 0.497 e. The van der Waals surface area contributed by atoms with Crippen molar-refractivity contribution in [3.05, 3.63) is 92.9 Å². The van der Waals surface area contributed by atoms with Crippen LogP contribution in [0.2, 0.25) is 0 Å². The number of carbonyl (C=O) groups excluding carboxylic acids is 1. The van der Waals surface area contributed by atoms with Gasteiger partial charge in [-0.05, 0) is 23.3 Å². The summed E-state index contributed by atoms with van der Waals surface area (Å²) in [6.07, 6.45) is 1.52. The molecule has 0 aliphatic heterocycles. The highest BCUT2D eigenvalue weighted by atomic mass is 16.5. The Balaban J connectivity index is 1.70. The number of amides is 1. The van der Waals surface area contributed by atoms with Crippen molar-refractivity contribution in [1.29, 1.82) is 0 Å². The number of fused-ring (bicyclic) bond motifs is 1. The van der Waals surface area contributed by atoms with E-state index in [1.165, 1.54) is 15.8 Å². The zero-order valence-corrected chi connectivity index (χ0v) is 20.6. The molecule has 0 saturated carbocycles. The normalized spacial score (nSPS) is 11.1. The molecule has 1 amide bonds. The Bertz CT molecular complexity index is 1450. The zero-order chi connectivity index (χ0) is 25.7. The Kier molecular flexibility index (Phi) is 7.65. The molecule has 2 heterocycles. The number of benzene rings is 2. The molecule has 4 aromatic rings. The van der Waals surface area contributed by atoms with Gasteiger partial charge in [0.05, 0.1) is 26.6 Å². The van der Waals surface area contributed by atoms with E-state index < -0.39 is 11.2 Å². The molecule has 2 aromatic carbocycles. The lowest BCUT2D eigenvalue weighted by atomic mass is 10.2. The van der Waals surface area contributed by atoms with Gasteiger partial charge in [-0.1, -0.05) is 42.5 Å². The predicted molar refractivity (Wildman–Crippen MR) is 135 cm³/mol. The molecule has 0 N–H and O–H groups in total. The third kappa shape index (κ3) is 5.23. The monoisotopic (exact) mass is 491 g/mol. The minimum Gasteiger partial charge on any atom is -0.497 e.